The first-order chi connectivity index (χ1) is 16.9. The van der Waals surface area contributed by atoms with Gasteiger partial charge < -0.3 is 14.8 Å². The summed E-state index contributed by atoms with van der Waals surface area (Å²) in [5.74, 6) is 0.168. The van der Waals surface area contributed by atoms with E-state index < -0.39 is 5.92 Å². The summed E-state index contributed by atoms with van der Waals surface area (Å²) in [6.45, 7) is 8.86. The third-order valence-electron chi connectivity index (χ3n) is 6.56. The van der Waals surface area contributed by atoms with Gasteiger partial charge >= 0.3 is 5.97 Å². The van der Waals surface area contributed by atoms with Gasteiger partial charge in [0.2, 0.25) is 0 Å². The highest BCUT2D eigenvalue weighted by Crippen LogP contribution is 2.47. The summed E-state index contributed by atoms with van der Waals surface area (Å²) in [4.78, 5) is 27.1. The number of esters is 1. The Morgan fingerprint density at radius 2 is 1.77 bits per heavy atom. The number of Topliss-reactive ketones (excluding diaryl/α,β-unsaturated/α-hetero) is 1. The topological polar surface area (TPSA) is 64.6 Å². The Bertz CT molecular complexity index is 1150. The first-order valence-corrected chi connectivity index (χ1v) is 12.6. The van der Waals surface area contributed by atoms with Crippen molar-refractivity contribution in [3.8, 4) is 5.75 Å². The first-order valence-electron chi connectivity index (χ1n) is 12.6. The van der Waals surface area contributed by atoms with Crippen molar-refractivity contribution in [2.24, 2.45) is 5.92 Å². The Balaban J connectivity index is 1.80. The van der Waals surface area contributed by atoms with E-state index in [0.717, 1.165) is 28.9 Å². The molecule has 2 atom stereocenters. The lowest BCUT2D eigenvalue weighted by Crippen LogP contribution is -2.36. The number of para-hydroxylation sites is 1. The molecule has 0 aromatic heterocycles. The van der Waals surface area contributed by atoms with Crippen LogP contribution in [0.25, 0.3) is 0 Å². The van der Waals surface area contributed by atoms with Crippen molar-refractivity contribution >= 4 is 11.8 Å². The molecular formula is C30H35NO4. The fourth-order valence-electron chi connectivity index (χ4n) is 4.96. The number of nitrogens with one attached hydrogen (secondary N) is 1. The minimum Gasteiger partial charge on any atom is -0.493 e. The van der Waals surface area contributed by atoms with E-state index in [-0.39, 0.29) is 23.6 Å². The van der Waals surface area contributed by atoms with E-state index in [2.05, 4.69) is 24.4 Å². The number of carbonyl (C=O) groups excluding carboxylic acids is 2. The van der Waals surface area contributed by atoms with Crippen LogP contribution in [0.15, 0.2) is 77.1 Å². The summed E-state index contributed by atoms with van der Waals surface area (Å²) in [5, 5.41) is 3.43. The summed E-state index contributed by atoms with van der Waals surface area (Å²) in [5.41, 5.74) is 4.76. The van der Waals surface area contributed by atoms with Gasteiger partial charge in [0.15, 0.2) is 5.78 Å². The number of benzene rings is 2. The number of hydrogen-bond donors (Lipinski definition) is 1. The molecule has 0 bridgehead atoms. The van der Waals surface area contributed by atoms with Gasteiger partial charge in [-0.25, -0.2) is 4.79 Å². The third kappa shape index (κ3) is 5.34. The van der Waals surface area contributed by atoms with Crippen LogP contribution in [0.4, 0.5) is 0 Å². The third-order valence-corrected chi connectivity index (χ3v) is 6.56. The van der Waals surface area contributed by atoms with E-state index in [1.807, 2.05) is 63.2 Å². The average molecular weight is 474 g/mol. The highest BCUT2D eigenvalue weighted by Gasteiger charge is 2.42. The van der Waals surface area contributed by atoms with Crippen LogP contribution in [-0.4, -0.2) is 25.0 Å². The Kier molecular flexibility index (Phi) is 7.74. The molecule has 184 valence electrons. The smallest absolute Gasteiger partial charge is 0.336 e. The molecule has 1 aliphatic carbocycles. The molecule has 0 amide bonds. The minimum atomic E-state index is -0.525. The minimum absolute atomic E-state index is 0.0598. The molecular weight excluding hydrogens is 438 g/mol. The van der Waals surface area contributed by atoms with E-state index in [4.69, 9.17) is 9.47 Å². The van der Waals surface area contributed by atoms with Crippen LogP contribution in [0.1, 0.15) is 69.9 Å². The molecule has 5 heteroatoms. The number of rotatable bonds is 8. The van der Waals surface area contributed by atoms with Gasteiger partial charge in [-0.05, 0) is 43.2 Å². The molecule has 2 aromatic carbocycles. The van der Waals surface area contributed by atoms with Crippen LogP contribution in [-0.2, 0) is 14.3 Å². The summed E-state index contributed by atoms with van der Waals surface area (Å²) in [6, 6.07) is 17.9. The second-order valence-corrected chi connectivity index (χ2v) is 9.81. The van der Waals surface area contributed by atoms with E-state index in [1.165, 1.54) is 0 Å². The number of carbonyl (C=O) groups is 2. The van der Waals surface area contributed by atoms with E-state index in [9.17, 15) is 9.59 Å². The zero-order valence-corrected chi connectivity index (χ0v) is 21.1. The summed E-state index contributed by atoms with van der Waals surface area (Å²) < 4.78 is 11.8. The number of dihydropyridines is 1. The van der Waals surface area contributed by atoms with Gasteiger partial charge in [-0.2, -0.15) is 0 Å². The SMILES string of the molecule is CCCOc1ccccc1[C@@H]1C(C(=O)OCC(C)C)=C(C)NC2=C1C(=O)C[C@@H](c1ccccc1)C2. The number of ketones is 1. The van der Waals surface area contributed by atoms with Crippen molar-refractivity contribution in [3.05, 3.63) is 88.3 Å². The maximum absolute atomic E-state index is 13.7. The molecule has 0 radical (unpaired) electrons. The van der Waals surface area contributed by atoms with Crippen molar-refractivity contribution < 1.29 is 19.1 Å². The molecule has 1 heterocycles. The van der Waals surface area contributed by atoms with Crippen molar-refractivity contribution in [1.29, 1.82) is 0 Å². The van der Waals surface area contributed by atoms with Crippen LogP contribution in [0, 0.1) is 5.92 Å². The number of hydrogen-bond acceptors (Lipinski definition) is 5. The van der Waals surface area contributed by atoms with Gasteiger partial charge in [-0.1, -0.05) is 69.3 Å². The van der Waals surface area contributed by atoms with Crippen LogP contribution in [0.5, 0.6) is 5.75 Å². The average Bonchev–Trinajstić information content (AvgIpc) is 2.85. The fraction of sp³-hybridized carbons (Fsp3) is 0.400. The maximum atomic E-state index is 13.7. The summed E-state index contributed by atoms with van der Waals surface area (Å²) in [6.07, 6.45) is 1.99. The van der Waals surface area contributed by atoms with Gasteiger partial charge in [0.05, 0.1) is 24.7 Å². The summed E-state index contributed by atoms with van der Waals surface area (Å²) >= 11 is 0. The Morgan fingerprint density at radius 1 is 1.06 bits per heavy atom. The molecule has 4 rings (SSSR count). The molecule has 35 heavy (non-hydrogen) atoms. The Morgan fingerprint density at radius 3 is 2.49 bits per heavy atom. The molecule has 2 aromatic rings. The molecule has 0 fully saturated rings. The lowest BCUT2D eigenvalue weighted by molar-refractivity contribution is -0.140. The molecule has 0 saturated carbocycles. The second kappa shape index (κ2) is 10.9. The van der Waals surface area contributed by atoms with Crippen LogP contribution in [0.3, 0.4) is 0 Å². The largest absolute Gasteiger partial charge is 0.493 e. The Labute approximate surface area is 208 Å². The normalized spacial score (nSPS) is 20.0. The molecule has 1 aliphatic heterocycles. The molecule has 0 unspecified atom stereocenters. The van der Waals surface area contributed by atoms with Gasteiger partial charge in [0.1, 0.15) is 5.75 Å². The number of ether oxygens (including phenoxy) is 2. The lowest BCUT2D eigenvalue weighted by Gasteiger charge is -2.37. The van der Waals surface area contributed by atoms with Crippen molar-refractivity contribution in [2.45, 2.75) is 58.8 Å². The first kappa shape index (κ1) is 24.8. The quantitative estimate of drug-likeness (QED) is 0.474. The van der Waals surface area contributed by atoms with Crippen LogP contribution >= 0.6 is 0 Å². The maximum Gasteiger partial charge on any atom is 0.336 e. The highest BCUT2D eigenvalue weighted by molar-refractivity contribution is 6.04. The fourth-order valence-corrected chi connectivity index (χ4v) is 4.96. The van der Waals surface area contributed by atoms with Crippen molar-refractivity contribution in [3.63, 3.8) is 0 Å². The molecule has 2 aliphatic rings. The Hall–Kier alpha value is -3.34. The van der Waals surface area contributed by atoms with Gasteiger partial charge in [0.25, 0.3) is 0 Å². The zero-order valence-electron chi connectivity index (χ0n) is 21.1. The standard InChI is InChI=1S/C30H35NO4/c1-5-15-34-26-14-10-9-13-23(26)28-27(30(33)35-18-19(2)3)20(4)31-24-16-22(17-25(32)29(24)28)21-11-7-6-8-12-21/h6-14,19,22,28,31H,5,15-18H2,1-4H3/t22-,28+/m0/s1. The van der Waals surface area contributed by atoms with Crippen LogP contribution in [0.2, 0.25) is 0 Å². The lowest BCUT2D eigenvalue weighted by atomic mass is 9.71. The van der Waals surface area contributed by atoms with Crippen LogP contribution < -0.4 is 10.1 Å². The predicted octanol–water partition coefficient (Wildman–Crippen LogP) is 6.04. The van der Waals surface area contributed by atoms with Gasteiger partial charge in [-0.15, -0.1) is 0 Å². The molecule has 1 N–H and O–H groups in total. The zero-order chi connectivity index (χ0) is 24.9. The number of allylic oxidation sites excluding steroid dienone is 3. The predicted molar refractivity (Wildman–Crippen MR) is 137 cm³/mol. The van der Waals surface area contributed by atoms with E-state index >= 15 is 0 Å². The summed E-state index contributed by atoms with van der Waals surface area (Å²) in [7, 11) is 0. The second-order valence-electron chi connectivity index (χ2n) is 9.81. The molecule has 0 saturated heterocycles. The molecule has 5 nitrogen and oxygen atoms in total. The van der Waals surface area contributed by atoms with Crippen molar-refractivity contribution in [1.82, 2.24) is 5.32 Å². The highest BCUT2D eigenvalue weighted by atomic mass is 16.5. The van der Waals surface area contributed by atoms with E-state index in [0.29, 0.717) is 43.0 Å². The molecule has 0 spiro atoms. The monoisotopic (exact) mass is 473 g/mol. The van der Waals surface area contributed by atoms with Crippen molar-refractivity contribution in [2.75, 3.05) is 13.2 Å². The van der Waals surface area contributed by atoms with Gasteiger partial charge in [0, 0.05) is 29.0 Å². The van der Waals surface area contributed by atoms with E-state index in [1.54, 1.807) is 0 Å². The van der Waals surface area contributed by atoms with Gasteiger partial charge in [-0.3, -0.25) is 4.79 Å².